The molecule has 4 aromatic rings. The Morgan fingerprint density at radius 2 is 1.61 bits per heavy atom. The molecule has 1 aliphatic rings. The monoisotopic (exact) mass is 479 g/mol. The van der Waals surface area contributed by atoms with Crippen molar-refractivity contribution in [3.63, 3.8) is 0 Å². The molecule has 0 radical (unpaired) electrons. The van der Waals surface area contributed by atoms with Crippen LogP contribution in [0.3, 0.4) is 0 Å². The molecule has 0 spiro atoms. The quantitative estimate of drug-likeness (QED) is 0.345. The molecule has 0 bridgehead atoms. The SMILES string of the molecule is CC(=O)N1C(=O)/C(=C\c2c(O)c3cccc(C)c3oc2=O)N=C(c2ccccc2)N1c1ccccc1. The van der Waals surface area contributed by atoms with Crippen molar-refractivity contribution < 1.29 is 19.1 Å². The van der Waals surface area contributed by atoms with Crippen molar-refractivity contribution >= 4 is 40.4 Å². The van der Waals surface area contributed by atoms with E-state index in [0.717, 1.165) is 11.1 Å². The summed E-state index contributed by atoms with van der Waals surface area (Å²) < 4.78 is 5.45. The number of amidine groups is 1. The normalized spacial score (nSPS) is 14.9. The van der Waals surface area contributed by atoms with Crippen molar-refractivity contribution in [1.29, 1.82) is 0 Å². The van der Waals surface area contributed by atoms with Crippen LogP contribution in [0.5, 0.6) is 5.75 Å². The Bertz CT molecular complexity index is 1620. The fourth-order valence-electron chi connectivity index (χ4n) is 4.09. The van der Waals surface area contributed by atoms with Crippen LogP contribution in [0.15, 0.2) is 98.8 Å². The van der Waals surface area contributed by atoms with E-state index < -0.39 is 17.4 Å². The van der Waals surface area contributed by atoms with E-state index >= 15 is 0 Å². The summed E-state index contributed by atoms with van der Waals surface area (Å²) in [6.07, 6.45) is 1.16. The van der Waals surface area contributed by atoms with Gasteiger partial charge in [0, 0.05) is 12.5 Å². The van der Waals surface area contributed by atoms with Gasteiger partial charge >= 0.3 is 5.63 Å². The lowest BCUT2D eigenvalue weighted by Gasteiger charge is -2.38. The van der Waals surface area contributed by atoms with Crippen LogP contribution in [0, 0.1) is 6.92 Å². The Labute approximate surface area is 206 Å². The van der Waals surface area contributed by atoms with E-state index in [4.69, 9.17) is 4.42 Å². The number of carbonyl (C=O) groups excluding carboxylic acids is 2. The molecule has 8 heteroatoms. The van der Waals surface area contributed by atoms with E-state index in [1.807, 2.05) is 24.3 Å². The number of para-hydroxylation sites is 2. The first-order valence-electron chi connectivity index (χ1n) is 11.2. The minimum absolute atomic E-state index is 0.203. The first-order chi connectivity index (χ1) is 17.4. The van der Waals surface area contributed by atoms with Crippen LogP contribution in [0.25, 0.3) is 17.0 Å². The number of benzene rings is 3. The number of aromatic hydroxyl groups is 1. The molecule has 8 nitrogen and oxygen atoms in total. The molecule has 0 saturated carbocycles. The second kappa shape index (κ2) is 8.99. The number of anilines is 1. The van der Waals surface area contributed by atoms with Crippen LogP contribution < -0.4 is 10.6 Å². The van der Waals surface area contributed by atoms with E-state index in [-0.39, 0.29) is 22.6 Å². The summed E-state index contributed by atoms with van der Waals surface area (Å²) in [5.74, 6) is -1.34. The Kier molecular flexibility index (Phi) is 5.69. The third-order valence-corrected chi connectivity index (χ3v) is 5.79. The Morgan fingerprint density at radius 3 is 2.28 bits per heavy atom. The summed E-state index contributed by atoms with van der Waals surface area (Å²) in [6, 6.07) is 23.0. The molecule has 0 saturated heterocycles. The van der Waals surface area contributed by atoms with Crippen LogP contribution in [-0.4, -0.2) is 27.8 Å². The van der Waals surface area contributed by atoms with E-state index in [2.05, 4.69) is 4.99 Å². The van der Waals surface area contributed by atoms with Gasteiger partial charge in [-0.2, -0.15) is 5.01 Å². The van der Waals surface area contributed by atoms with Crippen LogP contribution in [0.1, 0.15) is 23.6 Å². The number of hydrogen-bond donors (Lipinski definition) is 1. The van der Waals surface area contributed by atoms with Gasteiger partial charge in [0.25, 0.3) is 5.91 Å². The summed E-state index contributed by atoms with van der Waals surface area (Å²) in [5.41, 5.74) is 0.855. The van der Waals surface area contributed by atoms with E-state index in [1.54, 1.807) is 61.5 Å². The van der Waals surface area contributed by atoms with Gasteiger partial charge in [0.05, 0.1) is 11.1 Å². The van der Waals surface area contributed by atoms with Crippen LogP contribution in [0.2, 0.25) is 0 Å². The van der Waals surface area contributed by atoms with E-state index in [1.165, 1.54) is 11.9 Å². The molecule has 36 heavy (non-hydrogen) atoms. The first kappa shape index (κ1) is 22.8. The van der Waals surface area contributed by atoms with Crippen molar-refractivity contribution in [3.8, 4) is 5.75 Å². The second-order valence-corrected chi connectivity index (χ2v) is 8.22. The highest BCUT2D eigenvalue weighted by Gasteiger charge is 2.37. The average Bonchev–Trinajstić information content (AvgIpc) is 2.88. The molecule has 1 aliphatic heterocycles. The van der Waals surface area contributed by atoms with Gasteiger partial charge < -0.3 is 9.52 Å². The lowest BCUT2D eigenvalue weighted by atomic mass is 10.1. The number of hydrazine groups is 1. The predicted octanol–water partition coefficient (Wildman–Crippen LogP) is 4.41. The number of fused-ring (bicyclic) bond motifs is 1. The molecule has 0 atom stereocenters. The van der Waals surface area contributed by atoms with Gasteiger partial charge in [0.15, 0.2) is 5.84 Å². The number of nitrogens with zero attached hydrogens (tertiary/aromatic N) is 3. The second-order valence-electron chi connectivity index (χ2n) is 8.22. The zero-order valence-electron chi connectivity index (χ0n) is 19.5. The molecule has 3 aromatic carbocycles. The molecule has 2 amide bonds. The van der Waals surface area contributed by atoms with Gasteiger partial charge in [0.2, 0.25) is 5.91 Å². The molecule has 2 heterocycles. The molecular weight excluding hydrogens is 458 g/mol. The minimum Gasteiger partial charge on any atom is -0.506 e. The fourth-order valence-corrected chi connectivity index (χ4v) is 4.09. The molecule has 5 rings (SSSR count). The molecule has 0 unspecified atom stereocenters. The summed E-state index contributed by atoms with van der Waals surface area (Å²) in [7, 11) is 0. The van der Waals surface area contributed by atoms with Gasteiger partial charge in [-0.3, -0.25) is 9.59 Å². The van der Waals surface area contributed by atoms with Crippen molar-refractivity contribution in [2.45, 2.75) is 13.8 Å². The molecular formula is C28H21N3O5. The number of imide groups is 1. The molecule has 1 N–H and O–H groups in total. The number of carbonyl (C=O) groups is 2. The van der Waals surface area contributed by atoms with Crippen LogP contribution in [0.4, 0.5) is 5.69 Å². The third-order valence-electron chi connectivity index (χ3n) is 5.79. The zero-order chi connectivity index (χ0) is 25.4. The maximum Gasteiger partial charge on any atom is 0.347 e. The lowest BCUT2D eigenvalue weighted by molar-refractivity contribution is -0.141. The van der Waals surface area contributed by atoms with Crippen molar-refractivity contribution in [1.82, 2.24) is 5.01 Å². The number of aryl methyl sites for hydroxylation is 1. The predicted molar refractivity (Wildman–Crippen MR) is 136 cm³/mol. The third kappa shape index (κ3) is 3.84. The summed E-state index contributed by atoms with van der Waals surface area (Å²) in [5, 5.41) is 13.6. The summed E-state index contributed by atoms with van der Waals surface area (Å²) in [6.45, 7) is 3.02. The molecule has 178 valence electrons. The van der Waals surface area contributed by atoms with Crippen molar-refractivity contribution in [3.05, 3.63) is 112 Å². The van der Waals surface area contributed by atoms with Crippen molar-refractivity contribution in [2.75, 3.05) is 5.01 Å². The van der Waals surface area contributed by atoms with Crippen molar-refractivity contribution in [2.24, 2.45) is 4.99 Å². The first-order valence-corrected chi connectivity index (χ1v) is 11.2. The highest BCUT2D eigenvalue weighted by Crippen LogP contribution is 2.32. The van der Waals surface area contributed by atoms with Gasteiger partial charge in [0.1, 0.15) is 22.6 Å². The zero-order valence-corrected chi connectivity index (χ0v) is 19.5. The largest absolute Gasteiger partial charge is 0.506 e. The maximum atomic E-state index is 13.5. The maximum absolute atomic E-state index is 13.5. The van der Waals surface area contributed by atoms with E-state index in [0.29, 0.717) is 28.0 Å². The lowest BCUT2D eigenvalue weighted by Crippen LogP contribution is -2.55. The fraction of sp³-hybridized carbons (Fsp3) is 0.0714. The van der Waals surface area contributed by atoms with Crippen LogP contribution in [-0.2, 0) is 9.59 Å². The Hall–Kier alpha value is -4.98. The van der Waals surface area contributed by atoms with Gasteiger partial charge in [-0.1, -0.05) is 60.7 Å². The Morgan fingerprint density at radius 1 is 0.944 bits per heavy atom. The standard InChI is InChI=1S/C28H21N3O5/c1-17-10-9-15-21-24(33)22(28(35)36-25(17)21)16-23-27(34)30(18(2)32)31(20-13-7-4-8-14-20)26(29-23)19-11-5-3-6-12-19/h3-16,33H,1-2H3/b23-16+. The highest BCUT2D eigenvalue weighted by atomic mass is 16.4. The minimum atomic E-state index is -0.828. The molecule has 1 aromatic heterocycles. The van der Waals surface area contributed by atoms with Gasteiger partial charge in [-0.25, -0.2) is 14.8 Å². The molecule has 0 aliphatic carbocycles. The topological polar surface area (TPSA) is 103 Å². The number of amides is 2. The molecule has 0 fully saturated rings. The highest BCUT2D eigenvalue weighted by molar-refractivity contribution is 6.21. The number of aliphatic imine (C=N–C) groups is 1. The van der Waals surface area contributed by atoms with Crippen LogP contribution >= 0.6 is 0 Å². The average molecular weight is 479 g/mol. The van der Waals surface area contributed by atoms with E-state index in [9.17, 15) is 19.5 Å². The smallest absolute Gasteiger partial charge is 0.347 e. The number of hydrogen-bond acceptors (Lipinski definition) is 7. The number of rotatable bonds is 3. The summed E-state index contributed by atoms with van der Waals surface area (Å²) in [4.78, 5) is 43.7. The van der Waals surface area contributed by atoms with Gasteiger partial charge in [-0.05, 0) is 36.8 Å². The summed E-state index contributed by atoms with van der Waals surface area (Å²) >= 11 is 0. The van der Waals surface area contributed by atoms with Gasteiger partial charge in [-0.15, -0.1) is 0 Å². The Balaban J connectivity index is 1.77.